The summed E-state index contributed by atoms with van der Waals surface area (Å²) in [7, 11) is 2.84. The van der Waals surface area contributed by atoms with Crippen LogP contribution in [-0.4, -0.2) is 37.1 Å². The van der Waals surface area contributed by atoms with Gasteiger partial charge >= 0.3 is 0 Å². The van der Waals surface area contributed by atoms with Crippen molar-refractivity contribution in [2.24, 2.45) is 9.36 Å². The van der Waals surface area contributed by atoms with E-state index in [0.717, 1.165) is 6.61 Å². The fourth-order valence-electron chi connectivity index (χ4n) is 0.0962. The highest BCUT2D eigenvalue weighted by Crippen LogP contribution is 2.04. The Labute approximate surface area is 75.1 Å². The van der Waals surface area contributed by atoms with Crippen molar-refractivity contribution in [2.75, 3.05) is 20.7 Å². The average molecular weight is 192 g/mol. The van der Waals surface area contributed by atoms with E-state index in [2.05, 4.69) is 16.3 Å². The SMILES string of the molecule is CC1CO1.CN=C=O.CN=S=O. The van der Waals surface area contributed by atoms with E-state index in [4.69, 9.17) is 13.7 Å². The molecule has 1 aliphatic rings. The number of isocyanates is 1. The van der Waals surface area contributed by atoms with Gasteiger partial charge in [0.1, 0.15) is 0 Å². The lowest BCUT2D eigenvalue weighted by Gasteiger charge is -1.50. The third-order valence-corrected chi connectivity index (χ3v) is 0.815. The maximum absolute atomic E-state index is 9.05. The van der Waals surface area contributed by atoms with E-state index in [9.17, 15) is 0 Å². The van der Waals surface area contributed by atoms with Crippen molar-refractivity contribution in [3.05, 3.63) is 0 Å². The number of carbonyl (C=O) groups excluding carboxylic acids is 1. The molecule has 1 rings (SSSR count). The Hall–Kier alpha value is -0.840. The lowest BCUT2D eigenvalue weighted by atomic mass is 10.6. The Kier molecular flexibility index (Phi) is 14.6. The first-order valence-corrected chi connectivity index (χ1v) is 3.88. The number of ether oxygens (including phenoxy) is 1. The van der Waals surface area contributed by atoms with Crippen LogP contribution < -0.4 is 0 Å². The second-order valence-electron chi connectivity index (χ2n) is 1.72. The molecule has 0 N–H and O–H groups in total. The summed E-state index contributed by atoms with van der Waals surface area (Å²) >= 11 is 0.231. The minimum absolute atomic E-state index is 0.231. The van der Waals surface area contributed by atoms with Crippen molar-refractivity contribution in [1.82, 2.24) is 0 Å². The molecule has 0 radical (unpaired) electrons. The molecule has 1 aliphatic heterocycles. The number of nitrogens with zero attached hydrogens (tertiary/aromatic N) is 2. The van der Waals surface area contributed by atoms with Gasteiger partial charge in [-0.05, 0) is 6.92 Å². The zero-order chi connectivity index (χ0) is 9.82. The summed E-state index contributed by atoms with van der Waals surface area (Å²) in [6.07, 6.45) is 1.89. The molecule has 0 aliphatic carbocycles. The van der Waals surface area contributed by atoms with Crippen LogP contribution in [0.3, 0.4) is 0 Å². The highest BCUT2D eigenvalue weighted by atomic mass is 32.1. The molecule has 0 amide bonds. The molecule has 1 saturated heterocycles. The van der Waals surface area contributed by atoms with Crippen LogP contribution in [0.4, 0.5) is 0 Å². The number of rotatable bonds is 0. The van der Waals surface area contributed by atoms with Gasteiger partial charge in [-0.25, -0.2) is 9.79 Å². The lowest BCUT2D eigenvalue weighted by Crippen LogP contribution is -1.60. The normalized spacial score (nSPS) is 16.4. The molecule has 1 unspecified atom stereocenters. The Morgan fingerprint density at radius 2 is 1.83 bits per heavy atom. The highest BCUT2D eigenvalue weighted by molar-refractivity contribution is 7.54. The first-order valence-electron chi connectivity index (χ1n) is 3.18. The van der Waals surface area contributed by atoms with E-state index >= 15 is 0 Å². The maximum atomic E-state index is 9.05. The molecular weight excluding hydrogens is 180 g/mol. The molecular formula is C6H12N2O3S. The summed E-state index contributed by atoms with van der Waals surface area (Å²) in [5.41, 5.74) is 0. The van der Waals surface area contributed by atoms with Crippen LogP contribution in [0.25, 0.3) is 0 Å². The number of hydrogen-bond acceptors (Lipinski definition) is 5. The molecule has 6 heteroatoms. The third-order valence-electron chi connectivity index (χ3n) is 0.666. The van der Waals surface area contributed by atoms with Crippen molar-refractivity contribution < 1.29 is 13.7 Å². The van der Waals surface area contributed by atoms with Gasteiger partial charge < -0.3 is 4.74 Å². The number of epoxide rings is 1. The van der Waals surface area contributed by atoms with Crippen LogP contribution in [0.1, 0.15) is 6.92 Å². The smallest absolute Gasteiger partial charge is 0.234 e. The molecule has 1 atom stereocenters. The molecule has 0 aromatic rings. The number of hydrogen-bond donors (Lipinski definition) is 0. The van der Waals surface area contributed by atoms with E-state index in [1.807, 2.05) is 0 Å². The minimum Gasteiger partial charge on any atom is -0.373 e. The van der Waals surface area contributed by atoms with Crippen molar-refractivity contribution in [1.29, 1.82) is 0 Å². The second kappa shape index (κ2) is 12.8. The predicted molar refractivity (Wildman–Crippen MR) is 46.0 cm³/mol. The Morgan fingerprint density at radius 1 is 1.58 bits per heavy atom. The lowest BCUT2D eigenvalue weighted by molar-refractivity contribution is 0.423. The molecule has 0 aromatic heterocycles. The van der Waals surface area contributed by atoms with Crippen LogP contribution in [0.5, 0.6) is 0 Å². The molecule has 0 bridgehead atoms. The fraction of sp³-hybridized carbons (Fsp3) is 0.833. The van der Waals surface area contributed by atoms with E-state index in [-0.39, 0.29) is 11.5 Å². The summed E-state index contributed by atoms with van der Waals surface area (Å²) in [5.74, 6) is 0. The van der Waals surface area contributed by atoms with Crippen molar-refractivity contribution in [2.45, 2.75) is 13.0 Å². The van der Waals surface area contributed by atoms with Gasteiger partial charge in [0, 0.05) is 14.1 Å². The van der Waals surface area contributed by atoms with Gasteiger partial charge in [0.15, 0.2) is 11.5 Å². The summed E-state index contributed by atoms with van der Waals surface area (Å²) in [5, 5.41) is 0. The summed E-state index contributed by atoms with van der Waals surface area (Å²) in [6.45, 7) is 3.04. The average Bonchev–Trinajstić information content (AvgIpc) is 2.88. The second-order valence-corrected chi connectivity index (χ2v) is 2.23. The van der Waals surface area contributed by atoms with Gasteiger partial charge in [-0.2, -0.15) is 8.57 Å². The quantitative estimate of drug-likeness (QED) is 0.316. The van der Waals surface area contributed by atoms with Gasteiger partial charge in [0.2, 0.25) is 6.08 Å². The summed E-state index contributed by atoms with van der Waals surface area (Å²) in [6, 6.07) is 0. The zero-order valence-electron chi connectivity index (χ0n) is 7.31. The topological polar surface area (TPSA) is 71.4 Å². The van der Waals surface area contributed by atoms with Crippen molar-refractivity contribution in [3.63, 3.8) is 0 Å². The summed E-state index contributed by atoms with van der Waals surface area (Å²) < 4.78 is 16.9. The van der Waals surface area contributed by atoms with E-state index in [1.165, 1.54) is 20.2 Å². The third kappa shape index (κ3) is 35.2. The monoisotopic (exact) mass is 192 g/mol. The molecule has 0 spiro atoms. The Bertz CT molecular complexity index is 165. The number of aliphatic imine (C=N–C) groups is 1. The van der Waals surface area contributed by atoms with E-state index < -0.39 is 0 Å². The maximum Gasteiger partial charge on any atom is 0.234 e. The van der Waals surface area contributed by atoms with Gasteiger partial charge in [-0.1, -0.05) is 0 Å². The van der Waals surface area contributed by atoms with Crippen molar-refractivity contribution in [3.8, 4) is 0 Å². The standard InChI is InChI=1S/C3H6O.C2H3NO.CH3NOS/c1-3-2-4-3;1-3-2-4;1-2-4-3/h3H,2H2,1H3;2*1H3. The highest BCUT2D eigenvalue weighted by Gasteiger charge is 2.13. The van der Waals surface area contributed by atoms with Crippen LogP contribution in [0, 0.1) is 0 Å². The molecule has 0 saturated carbocycles. The van der Waals surface area contributed by atoms with E-state index in [0.29, 0.717) is 6.10 Å². The van der Waals surface area contributed by atoms with Gasteiger partial charge in [0.05, 0.1) is 12.7 Å². The van der Waals surface area contributed by atoms with Crippen LogP contribution in [-0.2, 0) is 21.0 Å². The predicted octanol–water partition coefficient (Wildman–Crippen LogP) is 0.370. The first kappa shape index (κ1) is 13.7. The molecule has 0 aromatic carbocycles. The van der Waals surface area contributed by atoms with Crippen LogP contribution in [0.15, 0.2) is 9.36 Å². The molecule has 1 fully saturated rings. The molecule has 70 valence electrons. The largest absolute Gasteiger partial charge is 0.373 e. The van der Waals surface area contributed by atoms with Gasteiger partial charge in [-0.15, -0.1) is 0 Å². The molecule has 1 heterocycles. The summed E-state index contributed by atoms with van der Waals surface area (Å²) in [4.78, 5) is 11.8. The first-order chi connectivity index (χ1) is 5.72. The zero-order valence-corrected chi connectivity index (χ0v) is 8.13. The fourth-order valence-corrected chi connectivity index (χ4v) is 0.0962. The van der Waals surface area contributed by atoms with Crippen LogP contribution >= 0.6 is 0 Å². The van der Waals surface area contributed by atoms with Gasteiger partial charge in [0.25, 0.3) is 0 Å². The van der Waals surface area contributed by atoms with E-state index in [1.54, 1.807) is 0 Å². The minimum atomic E-state index is 0.231. The Morgan fingerprint density at radius 3 is 1.83 bits per heavy atom. The van der Waals surface area contributed by atoms with Crippen molar-refractivity contribution >= 4 is 17.5 Å². The molecule has 12 heavy (non-hydrogen) atoms. The molecule has 5 nitrogen and oxygen atoms in total. The van der Waals surface area contributed by atoms with Gasteiger partial charge in [-0.3, -0.25) is 0 Å². The van der Waals surface area contributed by atoms with Crippen LogP contribution in [0.2, 0.25) is 0 Å². The Balaban J connectivity index is 0.